The summed E-state index contributed by atoms with van der Waals surface area (Å²) in [6, 6.07) is 11.0. The Balaban J connectivity index is 0.00000161. The summed E-state index contributed by atoms with van der Waals surface area (Å²) in [5.41, 5.74) is 2.34. The molecule has 5 heteroatoms. The van der Waals surface area contributed by atoms with Crippen LogP contribution in [0.25, 0.3) is 0 Å². The molecule has 4 nitrogen and oxygen atoms in total. The molecule has 3 rings (SSSR count). The lowest BCUT2D eigenvalue weighted by atomic mass is 10.0. The zero-order valence-corrected chi connectivity index (χ0v) is 13.3. The zero-order valence-electron chi connectivity index (χ0n) is 12.5. The third kappa shape index (κ3) is 3.64. The predicted octanol–water partition coefficient (Wildman–Crippen LogP) is 2.86. The summed E-state index contributed by atoms with van der Waals surface area (Å²) >= 11 is 0. The van der Waals surface area contributed by atoms with Crippen molar-refractivity contribution in [3.8, 4) is 0 Å². The van der Waals surface area contributed by atoms with Gasteiger partial charge in [0.2, 0.25) is 5.89 Å². The lowest BCUT2D eigenvalue weighted by Gasteiger charge is -2.35. The van der Waals surface area contributed by atoms with Crippen LogP contribution in [0.4, 0.5) is 0 Å². The number of piperazine rings is 1. The second-order valence-corrected chi connectivity index (χ2v) is 5.35. The van der Waals surface area contributed by atoms with Crippen molar-refractivity contribution in [2.24, 2.45) is 0 Å². The number of nitrogens with one attached hydrogen (secondary N) is 1. The van der Waals surface area contributed by atoms with E-state index in [4.69, 9.17) is 4.42 Å². The van der Waals surface area contributed by atoms with E-state index in [0.717, 1.165) is 43.5 Å². The highest BCUT2D eigenvalue weighted by Gasteiger charge is 2.25. The number of oxazole rings is 1. The van der Waals surface area contributed by atoms with Gasteiger partial charge in [-0.15, -0.1) is 12.4 Å². The molecule has 0 spiro atoms. The van der Waals surface area contributed by atoms with Gasteiger partial charge in [-0.1, -0.05) is 30.3 Å². The summed E-state index contributed by atoms with van der Waals surface area (Å²) in [7, 11) is 0. The summed E-state index contributed by atoms with van der Waals surface area (Å²) in [5, 5.41) is 3.47. The molecule has 0 bridgehead atoms. The van der Waals surface area contributed by atoms with E-state index in [2.05, 4.69) is 45.5 Å². The molecule has 1 aliphatic heterocycles. The van der Waals surface area contributed by atoms with Crippen LogP contribution >= 0.6 is 12.4 Å². The molecule has 1 aromatic heterocycles. The van der Waals surface area contributed by atoms with Gasteiger partial charge >= 0.3 is 0 Å². The Labute approximate surface area is 132 Å². The van der Waals surface area contributed by atoms with E-state index in [1.165, 1.54) is 5.56 Å². The maximum atomic E-state index is 5.73. The molecule has 1 unspecified atom stereocenters. The molecule has 21 heavy (non-hydrogen) atoms. The van der Waals surface area contributed by atoms with Crippen molar-refractivity contribution in [2.45, 2.75) is 26.4 Å². The van der Waals surface area contributed by atoms with Crippen molar-refractivity contribution in [3.05, 3.63) is 53.2 Å². The fourth-order valence-corrected chi connectivity index (χ4v) is 2.72. The minimum Gasteiger partial charge on any atom is -0.444 e. The Morgan fingerprint density at radius 3 is 2.71 bits per heavy atom. The van der Waals surface area contributed by atoms with Crippen LogP contribution in [0.5, 0.6) is 0 Å². The molecule has 1 saturated heterocycles. The summed E-state index contributed by atoms with van der Waals surface area (Å²) in [6.45, 7) is 7.74. The molecule has 0 radical (unpaired) electrons. The normalized spacial score (nSPS) is 19.2. The Hall–Kier alpha value is -1.36. The molecule has 1 atom stereocenters. The van der Waals surface area contributed by atoms with E-state index in [0.29, 0.717) is 6.04 Å². The maximum Gasteiger partial charge on any atom is 0.208 e. The van der Waals surface area contributed by atoms with Crippen LogP contribution < -0.4 is 5.32 Å². The summed E-state index contributed by atoms with van der Waals surface area (Å²) < 4.78 is 5.73. The number of aromatic nitrogens is 1. The lowest BCUT2D eigenvalue weighted by molar-refractivity contribution is 0.139. The van der Waals surface area contributed by atoms with Gasteiger partial charge in [-0.3, -0.25) is 4.90 Å². The van der Waals surface area contributed by atoms with Crippen molar-refractivity contribution in [1.82, 2.24) is 15.2 Å². The summed E-state index contributed by atoms with van der Waals surface area (Å²) in [5.74, 6) is 1.74. The summed E-state index contributed by atoms with van der Waals surface area (Å²) in [4.78, 5) is 6.94. The van der Waals surface area contributed by atoms with Crippen LogP contribution in [-0.2, 0) is 6.54 Å². The van der Waals surface area contributed by atoms with Crippen LogP contribution in [0.3, 0.4) is 0 Å². The van der Waals surface area contributed by atoms with Gasteiger partial charge in [0.15, 0.2) is 0 Å². The number of halogens is 1. The standard InChI is InChI=1S/C16H21N3O.ClH/c1-12-13(2)20-16(18-12)11-19-9-8-17-10-15(19)14-6-4-3-5-7-14;/h3-7,15,17H,8-11H2,1-2H3;1H. The number of aryl methyl sites for hydroxylation is 2. The first-order valence-corrected chi connectivity index (χ1v) is 7.16. The van der Waals surface area contributed by atoms with Gasteiger partial charge in [-0.2, -0.15) is 0 Å². The molecule has 2 aromatic rings. The number of benzene rings is 1. The molecular formula is C16H22ClN3O. The van der Waals surface area contributed by atoms with Crippen LogP contribution in [0, 0.1) is 13.8 Å². The van der Waals surface area contributed by atoms with Gasteiger partial charge < -0.3 is 9.73 Å². The highest BCUT2D eigenvalue weighted by atomic mass is 35.5. The SMILES string of the molecule is Cc1nc(CN2CCNCC2c2ccccc2)oc1C.Cl. The third-order valence-corrected chi connectivity index (χ3v) is 3.95. The molecule has 2 heterocycles. The van der Waals surface area contributed by atoms with E-state index in [-0.39, 0.29) is 12.4 Å². The van der Waals surface area contributed by atoms with Gasteiger partial charge in [0.1, 0.15) is 5.76 Å². The Bertz CT molecular complexity index is 551. The van der Waals surface area contributed by atoms with Gasteiger partial charge in [-0.05, 0) is 19.4 Å². The highest BCUT2D eigenvalue weighted by Crippen LogP contribution is 2.24. The third-order valence-electron chi connectivity index (χ3n) is 3.95. The topological polar surface area (TPSA) is 41.3 Å². The number of nitrogens with zero attached hydrogens (tertiary/aromatic N) is 2. The van der Waals surface area contributed by atoms with Crippen molar-refractivity contribution in [2.75, 3.05) is 19.6 Å². The second kappa shape index (κ2) is 7.07. The molecule has 0 amide bonds. The van der Waals surface area contributed by atoms with Gasteiger partial charge in [0, 0.05) is 25.7 Å². The molecule has 1 aliphatic rings. The number of hydrogen-bond donors (Lipinski definition) is 1. The van der Waals surface area contributed by atoms with E-state index in [1.54, 1.807) is 0 Å². The van der Waals surface area contributed by atoms with Gasteiger partial charge in [0.05, 0.1) is 12.2 Å². The van der Waals surface area contributed by atoms with Crippen LogP contribution in [0.15, 0.2) is 34.7 Å². The van der Waals surface area contributed by atoms with Crippen LogP contribution in [-0.4, -0.2) is 29.5 Å². The summed E-state index contributed by atoms with van der Waals surface area (Å²) in [6.07, 6.45) is 0. The minimum absolute atomic E-state index is 0. The van der Waals surface area contributed by atoms with Crippen molar-refractivity contribution in [3.63, 3.8) is 0 Å². The second-order valence-electron chi connectivity index (χ2n) is 5.35. The molecule has 0 aliphatic carbocycles. The molecule has 1 aromatic carbocycles. The Morgan fingerprint density at radius 2 is 2.05 bits per heavy atom. The first-order chi connectivity index (χ1) is 9.74. The maximum absolute atomic E-state index is 5.73. The largest absolute Gasteiger partial charge is 0.444 e. The first-order valence-electron chi connectivity index (χ1n) is 7.16. The molecule has 1 fully saturated rings. The zero-order chi connectivity index (χ0) is 13.9. The van der Waals surface area contributed by atoms with Crippen LogP contribution in [0.1, 0.15) is 29.0 Å². The number of hydrogen-bond acceptors (Lipinski definition) is 4. The molecule has 1 N–H and O–H groups in total. The van der Waals surface area contributed by atoms with Crippen molar-refractivity contribution in [1.29, 1.82) is 0 Å². The molecule has 114 valence electrons. The molecular weight excluding hydrogens is 286 g/mol. The van der Waals surface area contributed by atoms with E-state index in [1.807, 2.05) is 13.8 Å². The average molecular weight is 308 g/mol. The quantitative estimate of drug-likeness (QED) is 0.947. The smallest absolute Gasteiger partial charge is 0.208 e. The average Bonchev–Trinajstić information content (AvgIpc) is 2.79. The van der Waals surface area contributed by atoms with Gasteiger partial charge in [0.25, 0.3) is 0 Å². The lowest BCUT2D eigenvalue weighted by Crippen LogP contribution is -2.45. The Morgan fingerprint density at radius 1 is 1.29 bits per heavy atom. The van der Waals surface area contributed by atoms with Gasteiger partial charge in [-0.25, -0.2) is 4.98 Å². The van der Waals surface area contributed by atoms with Crippen molar-refractivity contribution < 1.29 is 4.42 Å². The molecule has 0 saturated carbocycles. The van der Waals surface area contributed by atoms with E-state index >= 15 is 0 Å². The monoisotopic (exact) mass is 307 g/mol. The first kappa shape index (κ1) is 16.0. The predicted molar refractivity (Wildman–Crippen MR) is 85.7 cm³/mol. The highest BCUT2D eigenvalue weighted by molar-refractivity contribution is 5.85. The van der Waals surface area contributed by atoms with Crippen LogP contribution in [0.2, 0.25) is 0 Å². The minimum atomic E-state index is 0. The van der Waals surface area contributed by atoms with E-state index < -0.39 is 0 Å². The van der Waals surface area contributed by atoms with Crippen molar-refractivity contribution >= 4 is 12.4 Å². The van der Waals surface area contributed by atoms with E-state index in [9.17, 15) is 0 Å². The fourth-order valence-electron chi connectivity index (χ4n) is 2.72. The fraction of sp³-hybridized carbons (Fsp3) is 0.438. The number of rotatable bonds is 3. The Kier molecular flexibility index (Phi) is 5.39.